The van der Waals surface area contributed by atoms with Crippen molar-refractivity contribution in [3.05, 3.63) is 34.4 Å². The molecular weight excluding hydrogens is 258 g/mol. The highest BCUT2D eigenvalue weighted by atomic mass is 16.1. The Morgan fingerprint density at radius 2 is 1.52 bits per heavy atom. The average molecular weight is 289 g/mol. The molecule has 0 heterocycles. The van der Waals surface area contributed by atoms with Crippen molar-refractivity contribution in [3.8, 4) is 0 Å². The Hall–Kier alpha value is -1.31. The Kier molecular flexibility index (Phi) is 8.11. The summed E-state index contributed by atoms with van der Waals surface area (Å²) in [6.07, 6.45) is 11.7. The van der Waals surface area contributed by atoms with Gasteiger partial charge in [-0.15, -0.1) is 0 Å². The summed E-state index contributed by atoms with van der Waals surface area (Å²) in [6, 6.07) is 3.87. The van der Waals surface area contributed by atoms with Crippen LogP contribution < -0.4 is 5.73 Å². The SMILES string of the molecule is CCCCCCCCCCc1c(C)ccc(C(N)=O)c1C. The summed E-state index contributed by atoms with van der Waals surface area (Å²) >= 11 is 0. The van der Waals surface area contributed by atoms with Crippen molar-refractivity contribution in [2.24, 2.45) is 5.73 Å². The largest absolute Gasteiger partial charge is 0.366 e. The minimum absolute atomic E-state index is 0.315. The molecule has 0 spiro atoms. The molecular formula is C19H31NO. The number of carbonyl (C=O) groups is 1. The van der Waals surface area contributed by atoms with Crippen molar-refractivity contribution < 1.29 is 4.79 Å². The number of hydrogen-bond donors (Lipinski definition) is 1. The standard InChI is InChI=1S/C19H31NO/c1-4-5-6-7-8-9-10-11-12-17-15(2)13-14-18(16(17)3)19(20)21/h13-14H,4-12H2,1-3H3,(H2,20,21). The predicted octanol–water partition coefficient (Wildman–Crippen LogP) is 5.09. The number of amides is 1. The van der Waals surface area contributed by atoms with Crippen LogP contribution in [-0.4, -0.2) is 5.91 Å². The fourth-order valence-electron chi connectivity index (χ4n) is 2.98. The highest BCUT2D eigenvalue weighted by molar-refractivity contribution is 5.94. The lowest BCUT2D eigenvalue weighted by atomic mass is 9.93. The fourth-order valence-corrected chi connectivity index (χ4v) is 2.98. The number of rotatable bonds is 10. The molecule has 118 valence electrons. The lowest BCUT2D eigenvalue weighted by molar-refractivity contribution is 0.0999. The van der Waals surface area contributed by atoms with Gasteiger partial charge in [-0.2, -0.15) is 0 Å². The van der Waals surface area contributed by atoms with E-state index in [0.717, 1.165) is 12.0 Å². The van der Waals surface area contributed by atoms with E-state index in [0.29, 0.717) is 5.56 Å². The molecule has 0 saturated carbocycles. The fraction of sp³-hybridized carbons (Fsp3) is 0.632. The normalized spacial score (nSPS) is 10.8. The molecule has 2 nitrogen and oxygen atoms in total. The molecule has 0 atom stereocenters. The van der Waals surface area contributed by atoms with Gasteiger partial charge in [0.1, 0.15) is 0 Å². The third kappa shape index (κ3) is 5.91. The van der Waals surface area contributed by atoms with E-state index in [9.17, 15) is 4.79 Å². The topological polar surface area (TPSA) is 43.1 Å². The number of carbonyl (C=O) groups excluding carboxylic acids is 1. The zero-order valence-electron chi connectivity index (χ0n) is 14.0. The summed E-state index contributed by atoms with van der Waals surface area (Å²) in [7, 11) is 0. The molecule has 0 aromatic heterocycles. The van der Waals surface area contributed by atoms with Crippen LogP contribution in [0, 0.1) is 13.8 Å². The van der Waals surface area contributed by atoms with Crippen molar-refractivity contribution in [2.75, 3.05) is 0 Å². The van der Waals surface area contributed by atoms with Crippen molar-refractivity contribution in [3.63, 3.8) is 0 Å². The van der Waals surface area contributed by atoms with Crippen LogP contribution in [0.3, 0.4) is 0 Å². The van der Waals surface area contributed by atoms with Crippen LogP contribution in [0.5, 0.6) is 0 Å². The van der Waals surface area contributed by atoms with Gasteiger partial charge in [0, 0.05) is 5.56 Å². The monoisotopic (exact) mass is 289 g/mol. The molecule has 0 aliphatic rings. The Balaban J connectivity index is 2.38. The summed E-state index contributed by atoms with van der Waals surface area (Å²) in [5.41, 5.74) is 9.77. The second kappa shape index (κ2) is 9.59. The van der Waals surface area contributed by atoms with Crippen LogP contribution in [0.2, 0.25) is 0 Å². The zero-order chi connectivity index (χ0) is 15.7. The molecule has 1 aromatic rings. The molecule has 1 rings (SSSR count). The van der Waals surface area contributed by atoms with Crippen LogP contribution >= 0.6 is 0 Å². The van der Waals surface area contributed by atoms with Gasteiger partial charge in [0.05, 0.1) is 0 Å². The number of nitrogens with two attached hydrogens (primary N) is 1. The molecule has 0 aliphatic heterocycles. The summed E-state index contributed by atoms with van der Waals surface area (Å²) in [5, 5.41) is 0. The van der Waals surface area contributed by atoms with Gasteiger partial charge in [-0.25, -0.2) is 0 Å². The third-order valence-corrected chi connectivity index (χ3v) is 4.38. The van der Waals surface area contributed by atoms with Crippen LogP contribution in [0.1, 0.15) is 85.3 Å². The van der Waals surface area contributed by atoms with E-state index in [-0.39, 0.29) is 5.91 Å². The maximum Gasteiger partial charge on any atom is 0.248 e. The minimum Gasteiger partial charge on any atom is -0.366 e. The molecule has 21 heavy (non-hydrogen) atoms. The molecule has 1 aromatic carbocycles. The van der Waals surface area contributed by atoms with E-state index < -0.39 is 0 Å². The number of benzene rings is 1. The van der Waals surface area contributed by atoms with Gasteiger partial charge in [-0.05, 0) is 49.4 Å². The zero-order valence-corrected chi connectivity index (χ0v) is 14.0. The maximum absolute atomic E-state index is 11.4. The Bertz CT molecular complexity index is 451. The second-order valence-corrected chi connectivity index (χ2v) is 6.12. The highest BCUT2D eigenvalue weighted by Gasteiger charge is 2.10. The average Bonchev–Trinajstić information content (AvgIpc) is 2.44. The predicted molar refractivity (Wildman–Crippen MR) is 90.7 cm³/mol. The van der Waals surface area contributed by atoms with E-state index in [1.165, 1.54) is 62.5 Å². The van der Waals surface area contributed by atoms with Gasteiger partial charge in [-0.1, -0.05) is 57.9 Å². The van der Waals surface area contributed by atoms with Crippen molar-refractivity contribution in [1.29, 1.82) is 0 Å². The first-order valence-corrected chi connectivity index (χ1v) is 8.46. The first-order chi connectivity index (χ1) is 10.1. The van der Waals surface area contributed by atoms with Gasteiger partial charge < -0.3 is 5.73 Å². The molecule has 2 N–H and O–H groups in total. The number of primary amides is 1. The van der Waals surface area contributed by atoms with Crippen molar-refractivity contribution in [2.45, 2.75) is 78.6 Å². The lowest BCUT2D eigenvalue weighted by Crippen LogP contribution is -2.14. The molecule has 0 radical (unpaired) electrons. The number of aryl methyl sites for hydroxylation is 1. The summed E-state index contributed by atoms with van der Waals surface area (Å²) in [6.45, 7) is 6.40. The molecule has 0 fully saturated rings. The van der Waals surface area contributed by atoms with Crippen molar-refractivity contribution in [1.82, 2.24) is 0 Å². The Morgan fingerprint density at radius 3 is 2.10 bits per heavy atom. The summed E-state index contributed by atoms with van der Waals surface area (Å²) in [4.78, 5) is 11.4. The summed E-state index contributed by atoms with van der Waals surface area (Å²) in [5.74, 6) is -0.315. The van der Waals surface area contributed by atoms with E-state index in [1.807, 2.05) is 19.1 Å². The van der Waals surface area contributed by atoms with Gasteiger partial charge in [0.15, 0.2) is 0 Å². The second-order valence-electron chi connectivity index (χ2n) is 6.12. The summed E-state index contributed by atoms with van der Waals surface area (Å²) < 4.78 is 0. The van der Waals surface area contributed by atoms with E-state index in [1.54, 1.807) is 0 Å². The smallest absolute Gasteiger partial charge is 0.248 e. The van der Waals surface area contributed by atoms with Gasteiger partial charge in [0.2, 0.25) is 5.91 Å². The van der Waals surface area contributed by atoms with Crippen LogP contribution in [0.4, 0.5) is 0 Å². The molecule has 2 heteroatoms. The highest BCUT2D eigenvalue weighted by Crippen LogP contribution is 2.21. The Morgan fingerprint density at radius 1 is 0.952 bits per heavy atom. The first-order valence-electron chi connectivity index (χ1n) is 8.46. The van der Waals surface area contributed by atoms with E-state index in [2.05, 4.69) is 13.8 Å². The van der Waals surface area contributed by atoms with E-state index >= 15 is 0 Å². The van der Waals surface area contributed by atoms with Crippen molar-refractivity contribution >= 4 is 5.91 Å². The van der Waals surface area contributed by atoms with Gasteiger partial charge in [0.25, 0.3) is 0 Å². The van der Waals surface area contributed by atoms with Crippen LogP contribution in [0.25, 0.3) is 0 Å². The molecule has 0 saturated heterocycles. The molecule has 0 unspecified atom stereocenters. The Labute approximate surface area is 130 Å². The molecule has 0 aliphatic carbocycles. The first kappa shape index (κ1) is 17.7. The molecule has 0 bridgehead atoms. The maximum atomic E-state index is 11.4. The third-order valence-electron chi connectivity index (χ3n) is 4.38. The number of hydrogen-bond acceptors (Lipinski definition) is 1. The lowest BCUT2D eigenvalue weighted by Gasteiger charge is -2.12. The number of unbranched alkanes of at least 4 members (excludes halogenated alkanes) is 7. The van der Waals surface area contributed by atoms with E-state index in [4.69, 9.17) is 5.73 Å². The quantitative estimate of drug-likeness (QED) is 0.599. The molecule has 1 amide bonds. The van der Waals surface area contributed by atoms with Crippen LogP contribution in [-0.2, 0) is 6.42 Å². The van der Waals surface area contributed by atoms with Gasteiger partial charge in [-0.3, -0.25) is 4.79 Å². The minimum atomic E-state index is -0.315. The van der Waals surface area contributed by atoms with Crippen LogP contribution in [0.15, 0.2) is 12.1 Å². The van der Waals surface area contributed by atoms with Gasteiger partial charge >= 0.3 is 0 Å².